The molecule has 2 bridgehead atoms. The summed E-state index contributed by atoms with van der Waals surface area (Å²) in [6.45, 7) is 3.35. The Balaban J connectivity index is 0.00000133. The average molecular weight is 291 g/mol. The van der Waals surface area contributed by atoms with Crippen LogP contribution in [0.15, 0.2) is 0 Å². The van der Waals surface area contributed by atoms with Crippen LogP contribution in [0.2, 0.25) is 0 Å². The van der Waals surface area contributed by atoms with Crippen molar-refractivity contribution >= 4 is 18.3 Å². The van der Waals surface area contributed by atoms with Gasteiger partial charge in [-0.15, -0.1) is 12.4 Å². The summed E-state index contributed by atoms with van der Waals surface area (Å²) in [6.07, 6.45) is 3.10. The Morgan fingerprint density at radius 1 is 1.26 bits per heavy atom. The largest absolute Gasteiger partial charge is 0.392 e. The van der Waals surface area contributed by atoms with Crippen molar-refractivity contribution < 1.29 is 14.6 Å². The highest BCUT2D eigenvalue weighted by atomic mass is 35.5. The normalized spacial score (nSPS) is 38.5. The monoisotopic (exact) mass is 290 g/mol. The maximum atomic E-state index is 12.4. The van der Waals surface area contributed by atoms with Crippen molar-refractivity contribution in [1.82, 2.24) is 10.2 Å². The second-order valence-corrected chi connectivity index (χ2v) is 5.77. The minimum absolute atomic E-state index is 0. The molecule has 0 aromatic rings. The molecule has 0 aromatic carbocycles. The van der Waals surface area contributed by atoms with Gasteiger partial charge in [0.15, 0.2) is 0 Å². The van der Waals surface area contributed by atoms with Crippen LogP contribution in [-0.4, -0.2) is 60.9 Å². The molecule has 110 valence electrons. The van der Waals surface area contributed by atoms with Gasteiger partial charge >= 0.3 is 0 Å². The molecular formula is C13H23ClN2O3. The Morgan fingerprint density at radius 3 is 2.53 bits per heavy atom. The van der Waals surface area contributed by atoms with Gasteiger partial charge in [-0.3, -0.25) is 4.79 Å². The van der Waals surface area contributed by atoms with Crippen molar-refractivity contribution in [1.29, 1.82) is 0 Å². The van der Waals surface area contributed by atoms with Crippen LogP contribution in [0, 0.1) is 11.8 Å². The van der Waals surface area contributed by atoms with Crippen molar-refractivity contribution in [3.8, 4) is 0 Å². The summed E-state index contributed by atoms with van der Waals surface area (Å²) >= 11 is 0. The number of nitrogens with one attached hydrogen (secondary N) is 1. The lowest BCUT2D eigenvalue weighted by Gasteiger charge is -2.46. The van der Waals surface area contributed by atoms with Gasteiger partial charge in [-0.2, -0.15) is 0 Å². The van der Waals surface area contributed by atoms with E-state index in [-0.39, 0.29) is 42.3 Å². The highest BCUT2D eigenvalue weighted by Gasteiger charge is 2.41. The summed E-state index contributed by atoms with van der Waals surface area (Å²) < 4.78 is 5.35. The quantitative estimate of drug-likeness (QED) is 0.715. The number of morpholine rings is 1. The first-order valence-electron chi connectivity index (χ1n) is 7.03. The van der Waals surface area contributed by atoms with Gasteiger partial charge in [0.05, 0.1) is 19.3 Å². The van der Waals surface area contributed by atoms with Gasteiger partial charge in [0.1, 0.15) is 6.04 Å². The number of halogens is 1. The smallest absolute Gasteiger partial charge is 0.242 e. The van der Waals surface area contributed by atoms with Crippen LogP contribution in [0.4, 0.5) is 0 Å². The SMILES string of the molecule is Cl.O=C(C1COCCN1)N1CC2CCCC(C1)C2O. The van der Waals surface area contributed by atoms with Crippen LogP contribution in [-0.2, 0) is 9.53 Å². The minimum atomic E-state index is -0.196. The zero-order valence-corrected chi connectivity index (χ0v) is 11.9. The summed E-state index contributed by atoms with van der Waals surface area (Å²) in [4.78, 5) is 14.3. The Labute approximate surface area is 120 Å². The predicted molar refractivity (Wildman–Crippen MR) is 73.3 cm³/mol. The fourth-order valence-electron chi connectivity index (χ4n) is 3.53. The Bertz CT molecular complexity index is 309. The number of piperidine rings is 1. The number of aliphatic hydroxyl groups excluding tert-OH is 1. The van der Waals surface area contributed by atoms with Crippen molar-refractivity contribution in [3.63, 3.8) is 0 Å². The zero-order valence-electron chi connectivity index (χ0n) is 11.1. The first-order valence-corrected chi connectivity index (χ1v) is 7.03. The average Bonchev–Trinajstić information content (AvgIpc) is 2.38. The van der Waals surface area contributed by atoms with Crippen LogP contribution >= 0.6 is 12.4 Å². The number of rotatable bonds is 1. The molecule has 3 unspecified atom stereocenters. The Kier molecular flexibility index (Phi) is 5.06. The lowest BCUT2D eigenvalue weighted by molar-refractivity contribution is -0.144. The fourth-order valence-corrected chi connectivity index (χ4v) is 3.53. The molecule has 5 nitrogen and oxygen atoms in total. The Morgan fingerprint density at radius 2 is 1.95 bits per heavy atom. The molecule has 2 saturated heterocycles. The molecule has 3 rings (SSSR count). The van der Waals surface area contributed by atoms with Gasteiger partial charge in [0, 0.05) is 31.5 Å². The number of carbonyl (C=O) groups excluding carboxylic acids is 1. The number of likely N-dealkylation sites (tertiary alicyclic amines) is 1. The van der Waals surface area contributed by atoms with Crippen LogP contribution in [0.3, 0.4) is 0 Å². The highest BCUT2D eigenvalue weighted by molar-refractivity contribution is 5.85. The van der Waals surface area contributed by atoms with Crippen molar-refractivity contribution in [2.75, 3.05) is 32.8 Å². The molecule has 0 radical (unpaired) electrons. The highest BCUT2D eigenvalue weighted by Crippen LogP contribution is 2.35. The molecule has 2 N–H and O–H groups in total. The molecule has 0 spiro atoms. The number of amides is 1. The standard InChI is InChI=1S/C13H22N2O3.ClH/c16-12-9-2-1-3-10(12)7-15(6-9)13(17)11-8-18-5-4-14-11;/h9-12,14,16H,1-8H2;1H. The number of nitrogens with zero attached hydrogens (tertiary/aromatic N) is 1. The molecular weight excluding hydrogens is 268 g/mol. The van der Waals surface area contributed by atoms with Gasteiger partial charge < -0.3 is 20.1 Å². The van der Waals surface area contributed by atoms with E-state index >= 15 is 0 Å². The lowest BCUT2D eigenvalue weighted by atomic mass is 9.75. The number of ether oxygens (including phenoxy) is 1. The predicted octanol–water partition coefficient (Wildman–Crippen LogP) is 0.0160. The van der Waals surface area contributed by atoms with Crippen molar-refractivity contribution in [2.24, 2.45) is 11.8 Å². The van der Waals surface area contributed by atoms with E-state index in [0.717, 1.165) is 19.4 Å². The van der Waals surface area contributed by atoms with E-state index in [4.69, 9.17) is 4.74 Å². The summed E-state index contributed by atoms with van der Waals surface area (Å²) in [6, 6.07) is -0.185. The van der Waals surface area contributed by atoms with Crippen LogP contribution < -0.4 is 5.32 Å². The first kappa shape index (κ1) is 15.0. The third-order valence-electron chi connectivity index (χ3n) is 4.56. The number of carbonyl (C=O) groups is 1. The maximum absolute atomic E-state index is 12.4. The van der Waals surface area contributed by atoms with E-state index in [1.54, 1.807) is 0 Å². The molecule has 0 aromatic heterocycles. The topological polar surface area (TPSA) is 61.8 Å². The summed E-state index contributed by atoms with van der Waals surface area (Å²) in [5, 5.41) is 13.3. The van der Waals surface area contributed by atoms with E-state index in [1.165, 1.54) is 6.42 Å². The molecule has 2 heterocycles. The molecule has 1 amide bonds. The number of hydrogen-bond acceptors (Lipinski definition) is 4. The summed E-state index contributed by atoms with van der Waals surface area (Å²) in [7, 11) is 0. The maximum Gasteiger partial charge on any atom is 0.242 e. The van der Waals surface area contributed by atoms with Crippen molar-refractivity contribution in [2.45, 2.75) is 31.4 Å². The minimum Gasteiger partial charge on any atom is -0.392 e. The van der Waals surface area contributed by atoms with E-state index in [2.05, 4.69) is 5.32 Å². The first-order chi connectivity index (χ1) is 8.75. The van der Waals surface area contributed by atoms with E-state index in [9.17, 15) is 9.90 Å². The van der Waals surface area contributed by atoms with Crippen LogP contribution in [0.25, 0.3) is 0 Å². The van der Waals surface area contributed by atoms with E-state index < -0.39 is 0 Å². The number of hydrogen-bond donors (Lipinski definition) is 2. The second kappa shape index (κ2) is 6.39. The fraction of sp³-hybridized carbons (Fsp3) is 0.923. The Hall–Kier alpha value is -0.360. The molecule has 1 aliphatic carbocycles. The van der Waals surface area contributed by atoms with Gasteiger partial charge in [0.25, 0.3) is 0 Å². The van der Waals surface area contributed by atoms with E-state index in [1.807, 2.05) is 4.90 Å². The number of aliphatic hydroxyl groups is 1. The van der Waals surface area contributed by atoms with Crippen LogP contribution in [0.1, 0.15) is 19.3 Å². The lowest BCUT2D eigenvalue weighted by Crippen LogP contribution is -2.59. The summed E-state index contributed by atoms with van der Waals surface area (Å²) in [5.74, 6) is 0.718. The molecule has 2 aliphatic heterocycles. The molecule has 6 heteroatoms. The molecule has 3 atom stereocenters. The van der Waals surface area contributed by atoms with Crippen LogP contribution in [0.5, 0.6) is 0 Å². The third-order valence-corrected chi connectivity index (χ3v) is 4.56. The van der Waals surface area contributed by atoms with E-state index in [0.29, 0.717) is 26.3 Å². The second-order valence-electron chi connectivity index (χ2n) is 5.77. The van der Waals surface area contributed by atoms with Gasteiger partial charge in [0.2, 0.25) is 5.91 Å². The van der Waals surface area contributed by atoms with Gasteiger partial charge in [-0.25, -0.2) is 0 Å². The molecule has 3 fully saturated rings. The molecule has 3 aliphatic rings. The summed E-state index contributed by atoms with van der Waals surface area (Å²) in [5.41, 5.74) is 0. The van der Waals surface area contributed by atoms with Gasteiger partial charge in [-0.1, -0.05) is 6.42 Å². The van der Waals surface area contributed by atoms with Crippen molar-refractivity contribution in [3.05, 3.63) is 0 Å². The molecule has 1 saturated carbocycles. The number of fused-ring (bicyclic) bond motifs is 2. The molecule has 19 heavy (non-hydrogen) atoms. The zero-order chi connectivity index (χ0) is 12.5. The third kappa shape index (κ3) is 3.05. The van der Waals surface area contributed by atoms with Gasteiger partial charge in [-0.05, 0) is 12.8 Å².